The molecule has 1 rings (SSSR count). The third-order valence-corrected chi connectivity index (χ3v) is 1.22. The van der Waals surface area contributed by atoms with Crippen molar-refractivity contribution in [3.63, 3.8) is 0 Å². The number of nitrogens with zero attached hydrogens (tertiary/aromatic N) is 1. The molecular weight excluding hydrogens is 146 g/mol. The van der Waals surface area contributed by atoms with Crippen LogP contribution in [0.25, 0.3) is 0 Å². The van der Waals surface area contributed by atoms with Crippen LogP contribution >= 0.6 is 0 Å². The average Bonchev–Trinajstić information content (AvgIpc) is 2.09. The number of hydrogen-bond donors (Lipinski definition) is 0. The van der Waals surface area contributed by atoms with Gasteiger partial charge in [-0.05, 0) is 0 Å². The molecule has 0 bridgehead atoms. The van der Waals surface area contributed by atoms with Crippen molar-refractivity contribution in [1.29, 1.82) is 0 Å². The number of rotatable bonds is 1. The highest BCUT2D eigenvalue weighted by molar-refractivity contribution is 6.05. The Bertz CT molecular complexity index is 230. The molecule has 4 nitrogen and oxygen atoms in total. The third-order valence-electron chi connectivity index (χ3n) is 1.22. The van der Waals surface area contributed by atoms with Crippen molar-refractivity contribution >= 4 is 11.9 Å². The smallest absolute Gasteiger partial charge is 0.343 e. The Kier molecular flexibility index (Phi) is 1.94. The van der Waals surface area contributed by atoms with E-state index in [1.807, 2.05) is 0 Å². The largest absolute Gasteiger partial charge is 0.389 e. The molecule has 0 atom stereocenters. The van der Waals surface area contributed by atoms with E-state index in [0.29, 0.717) is 5.57 Å². The zero-order valence-corrected chi connectivity index (χ0v) is 6.46. The van der Waals surface area contributed by atoms with E-state index in [1.54, 1.807) is 25.2 Å². The van der Waals surface area contributed by atoms with Crippen LogP contribution in [0.2, 0.25) is 0 Å². The fraction of sp³-hybridized carbons (Fsp3) is 0.429. The van der Waals surface area contributed by atoms with Gasteiger partial charge < -0.3 is 9.64 Å². The van der Waals surface area contributed by atoms with Crippen molar-refractivity contribution in [2.45, 2.75) is 6.42 Å². The molecule has 0 unspecified atom stereocenters. The summed E-state index contributed by atoms with van der Waals surface area (Å²) in [7, 11) is 3.56. The second kappa shape index (κ2) is 2.74. The van der Waals surface area contributed by atoms with E-state index in [9.17, 15) is 9.59 Å². The van der Waals surface area contributed by atoms with Gasteiger partial charge in [0.15, 0.2) is 0 Å². The lowest BCUT2D eigenvalue weighted by Crippen LogP contribution is -2.05. The minimum absolute atomic E-state index is 0.0943. The fourth-order valence-corrected chi connectivity index (χ4v) is 0.843. The second-order valence-electron chi connectivity index (χ2n) is 2.56. The van der Waals surface area contributed by atoms with Crippen LogP contribution in [0.1, 0.15) is 6.42 Å². The van der Waals surface area contributed by atoms with Crippen LogP contribution in [-0.4, -0.2) is 30.9 Å². The van der Waals surface area contributed by atoms with Gasteiger partial charge in [0.2, 0.25) is 0 Å². The molecule has 0 saturated carbocycles. The first-order valence-electron chi connectivity index (χ1n) is 3.21. The number of carbonyl (C=O) groups excluding carboxylic acids is 2. The lowest BCUT2D eigenvalue weighted by atomic mass is 10.2. The van der Waals surface area contributed by atoms with Crippen LogP contribution in [-0.2, 0) is 14.3 Å². The Labute approximate surface area is 64.4 Å². The summed E-state index contributed by atoms with van der Waals surface area (Å²) in [5, 5.41) is 0. The molecule has 1 heterocycles. The SMILES string of the molecule is CN(C)/C=C1/CC(=O)OC1=O. The number of cyclic esters (lactones) is 2. The van der Waals surface area contributed by atoms with E-state index in [2.05, 4.69) is 4.74 Å². The highest BCUT2D eigenvalue weighted by Crippen LogP contribution is 2.14. The first kappa shape index (κ1) is 7.78. The van der Waals surface area contributed by atoms with Crippen molar-refractivity contribution in [2.24, 2.45) is 0 Å². The fourth-order valence-electron chi connectivity index (χ4n) is 0.843. The van der Waals surface area contributed by atoms with Crippen LogP contribution < -0.4 is 0 Å². The van der Waals surface area contributed by atoms with Crippen molar-refractivity contribution in [3.8, 4) is 0 Å². The maximum Gasteiger partial charge on any atom is 0.343 e. The van der Waals surface area contributed by atoms with Gasteiger partial charge >= 0.3 is 11.9 Å². The molecule has 0 aromatic carbocycles. The average molecular weight is 155 g/mol. The zero-order chi connectivity index (χ0) is 8.43. The highest BCUT2D eigenvalue weighted by Gasteiger charge is 2.26. The van der Waals surface area contributed by atoms with E-state index >= 15 is 0 Å². The van der Waals surface area contributed by atoms with E-state index in [1.165, 1.54) is 0 Å². The molecule has 0 spiro atoms. The first-order chi connectivity index (χ1) is 5.09. The van der Waals surface area contributed by atoms with Crippen molar-refractivity contribution < 1.29 is 14.3 Å². The van der Waals surface area contributed by atoms with E-state index < -0.39 is 11.9 Å². The van der Waals surface area contributed by atoms with Gasteiger partial charge in [-0.1, -0.05) is 0 Å². The normalized spacial score (nSPS) is 20.7. The molecule has 0 aromatic rings. The van der Waals surface area contributed by atoms with Crippen LogP contribution in [0.5, 0.6) is 0 Å². The summed E-state index contributed by atoms with van der Waals surface area (Å²) in [6.45, 7) is 0. The zero-order valence-electron chi connectivity index (χ0n) is 6.46. The van der Waals surface area contributed by atoms with Gasteiger partial charge in [-0.15, -0.1) is 0 Å². The molecule has 0 amide bonds. The van der Waals surface area contributed by atoms with Gasteiger partial charge in [0, 0.05) is 20.3 Å². The predicted molar refractivity (Wildman–Crippen MR) is 37.5 cm³/mol. The molecule has 1 fully saturated rings. The lowest BCUT2D eigenvalue weighted by Gasteiger charge is -2.03. The molecule has 0 N–H and O–H groups in total. The number of carbonyl (C=O) groups is 2. The number of esters is 2. The maximum atomic E-state index is 10.8. The lowest BCUT2D eigenvalue weighted by molar-refractivity contribution is -0.151. The van der Waals surface area contributed by atoms with Crippen LogP contribution in [0.3, 0.4) is 0 Å². The molecule has 0 radical (unpaired) electrons. The summed E-state index contributed by atoms with van der Waals surface area (Å²) < 4.78 is 4.30. The van der Waals surface area contributed by atoms with Crippen molar-refractivity contribution in [2.75, 3.05) is 14.1 Å². The number of ether oxygens (including phenoxy) is 1. The van der Waals surface area contributed by atoms with Crippen LogP contribution in [0, 0.1) is 0 Å². The Morgan fingerprint density at radius 1 is 1.45 bits per heavy atom. The monoisotopic (exact) mass is 155 g/mol. The van der Waals surface area contributed by atoms with E-state index in [-0.39, 0.29) is 6.42 Å². The van der Waals surface area contributed by atoms with E-state index in [0.717, 1.165) is 0 Å². The summed E-state index contributed by atoms with van der Waals surface area (Å²) in [4.78, 5) is 23.0. The molecule has 1 aliphatic heterocycles. The molecule has 1 saturated heterocycles. The highest BCUT2D eigenvalue weighted by atomic mass is 16.6. The van der Waals surface area contributed by atoms with Gasteiger partial charge in [0.05, 0.1) is 12.0 Å². The Morgan fingerprint density at radius 3 is 2.45 bits per heavy atom. The maximum absolute atomic E-state index is 10.8. The predicted octanol–water partition coefficient (Wildman–Crippen LogP) is -0.0946. The minimum atomic E-state index is -0.524. The molecular formula is C7H9NO3. The summed E-state index contributed by atoms with van der Waals surface area (Å²) in [6, 6.07) is 0. The van der Waals surface area contributed by atoms with Crippen molar-refractivity contribution in [1.82, 2.24) is 4.90 Å². The molecule has 11 heavy (non-hydrogen) atoms. The van der Waals surface area contributed by atoms with Crippen LogP contribution in [0.4, 0.5) is 0 Å². The van der Waals surface area contributed by atoms with Gasteiger partial charge in [-0.2, -0.15) is 0 Å². The molecule has 4 heteroatoms. The Balaban J connectivity index is 2.75. The Morgan fingerprint density at radius 2 is 2.09 bits per heavy atom. The van der Waals surface area contributed by atoms with E-state index in [4.69, 9.17) is 0 Å². The summed E-state index contributed by atoms with van der Waals surface area (Å²) in [5.74, 6) is -0.994. The molecule has 60 valence electrons. The quantitative estimate of drug-likeness (QED) is 0.301. The second-order valence-corrected chi connectivity index (χ2v) is 2.56. The summed E-state index contributed by atoms with van der Waals surface area (Å²) in [5.41, 5.74) is 0.417. The topological polar surface area (TPSA) is 46.6 Å². The van der Waals surface area contributed by atoms with Gasteiger partial charge in [-0.25, -0.2) is 4.79 Å². The third kappa shape index (κ3) is 1.80. The minimum Gasteiger partial charge on any atom is -0.389 e. The first-order valence-corrected chi connectivity index (χ1v) is 3.21. The molecule has 0 aliphatic carbocycles. The van der Waals surface area contributed by atoms with Crippen LogP contribution in [0.15, 0.2) is 11.8 Å². The summed E-state index contributed by atoms with van der Waals surface area (Å²) >= 11 is 0. The van der Waals surface area contributed by atoms with Gasteiger partial charge in [0.25, 0.3) is 0 Å². The van der Waals surface area contributed by atoms with Gasteiger partial charge in [-0.3, -0.25) is 4.79 Å². The number of hydrogen-bond acceptors (Lipinski definition) is 4. The molecule has 1 aliphatic rings. The standard InChI is InChI=1S/C7H9NO3/c1-8(2)4-5-3-6(9)11-7(5)10/h4H,3H2,1-2H3/b5-4-. The summed E-state index contributed by atoms with van der Waals surface area (Å²) in [6.07, 6.45) is 1.68. The van der Waals surface area contributed by atoms with Gasteiger partial charge in [0.1, 0.15) is 0 Å². The van der Waals surface area contributed by atoms with Crippen molar-refractivity contribution in [3.05, 3.63) is 11.8 Å². The molecule has 0 aromatic heterocycles. The Hall–Kier alpha value is -1.32.